The number of rotatable bonds is 4. The van der Waals surface area contributed by atoms with Gasteiger partial charge in [0.25, 0.3) is 0 Å². The van der Waals surface area contributed by atoms with Crippen molar-refractivity contribution in [2.75, 3.05) is 14.2 Å². The molecule has 0 aliphatic carbocycles. The third-order valence-electron chi connectivity index (χ3n) is 2.19. The lowest BCUT2D eigenvalue weighted by molar-refractivity contribution is -0.139. The molecule has 0 aromatic heterocycles. The highest BCUT2D eigenvalue weighted by molar-refractivity contribution is 9.10. The molecule has 0 radical (unpaired) electrons. The van der Waals surface area contributed by atoms with Gasteiger partial charge in [-0.05, 0) is 23.3 Å². The highest BCUT2D eigenvalue weighted by atomic mass is 79.9. The molecule has 1 aromatic carbocycles. The molecule has 1 aromatic rings. The number of carbonyl (C=O) groups excluding carboxylic acids is 1. The van der Waals surface area contributed by atoms with Crippen LogP contribution in [0.3, 0.4) is 0 Å². The molecule has 3 nitrogen and oxygen atoms in total. The van der Waals surface area contributed by atoms with Gasteiger partial charge in [0.15, 0.2) is 0 Å². The Morgan fingerprint density at radius 3 is 2.56 bits per heavy atom. The number of hydrogen-bond donors (Lipinski definition) is 0. The summed E-state index contributed by atoms with van der Waals surface area (Å²) in [6.45, 7) is 0. The van der Waals surface area contributed by atoms with Crippen LogP contribution >= 0.6 is 31.9 Å². The summed E-state index contributed by atoms with van der Waals surface area (Å²) in [5.41, 5.74) is 1.93. The van der Waals surface area contributed by atoms with E-state index in [1.807, 2.05) is 12.1 Å². The Morgan fingerprint density at radius 1 is 1.38 bits per heavy atom. The lowest BCUT2D eigenvalue weighted by Crippen LogP contribution is -2.07. The number of alkyl halides is 1. The van der Waals surface area contributed by atoms with Crippen LogP contribution in [0.1, 0.15) is 11.1 Å². The second kappa shape index (κ2) is 6.25. The average Bonchev–Trinajstić information content (AvgIpc) is 2.30. The van der Waals surface area contributed by atoms with Gasteiger partial charge in [-0.1, -0.05) is 31.9 Å². The summed E-state index contributed by atoms with van der Waals surface area (Å²) in [6, 6.07) is 3.74. The summed E-state index contributed by atoms with van der Waals surface area (Å²) < 4.78 is 10.7. The minimum atomic E-state index is -0.256. The first kappa shape index (κ1) is 13.5. The number of carbonyl (C=O) groups is 1. The Balaban J connectivity index is 3.11. The van der Waals surface area contributed by atoms with Gasteiger partial charge >= 0.3 is 5.97 Å². The third kappa shape index (κ3) is 3.22. The summed E-state index contributed by atoms with van der Waals surface area (Å²) in [5, 5.41) is 0.662. The molecule has 0 aliphatic rings. The van der Waals surface area contributed by atoms with Crippen molar-refractivity contribution in [3.8, 4) is 5.75 Å². The van der Waals surface area contributed by atoms with E-state index < -0.39 is 0 Å². The maximum absolute atomic E-state index is 11.3. The minimum absolute atomic E-state index is 0.252. The molecule has 0 aliphatic heterocycles. The largest absolute Gasteiger partial charge is 0.497 e. The molecule has 0 saturated heterocycles. The maximum atomic E-state index is 11.3. The lowest BCUT2D eigenvalue weighted by Gasteiger charge is -2.11. The van der Waals surface area contributed by atoms with E-state index in [-0.39, 0.29) is 12.4 Å². The fourth-order valence-electron chi connectivity index (χ4n) is 1.32. The Bertz CT molecular complexity index is 391. The second-order valence-electron chi connectivity index (χ2n) is 3.13. The zero-order valence-electron chi connectivity index (χ0n) is 9.05. The number of methoxy groups -OCH3 is 2. The van der Waals surface area contributed by atoms with E-state index in [4.69, 9.17) is 4.74 Å². The molecule has 0 spiro atoms. The average molecular weight is 352 g/mol. The summed E-state index contributed by atoms with van der Waals surface area (Å²) in [4.78, 5) is 11.3. The van der Waals surface area contributed by atoms with Gasteiger partial charge in [0.2, 0.25) is 0 Å². The zero-order valence-corrected chi connectivity index (χ0v) is 12.2. The summed E-state index contributed by atoms with van der Waals surface area (Å²) in [7, 11) is 2.99. The normalized spacial score (nSPS) is 10.0. The van der Waals surface area contributed by atoms with Crippen molar-refractivity contribution in [1.82, 2.24) is 0 Å². The number of benzene rings is 1. The molecule has 16 heavy (non-hydrogen) atoms. The number of esters is 1. The molecule has 0 bridgehead atoms. The molecule has 0 amide bonds. The van der Waals surface area contributed by atoms with Crippen LogP contribution in [0.5, 0.6) is 5.75 Å². The first-order valence-electron chi connectivity index (χ1n) is 4.60. The van der Waals surface area contributed by atoms with Crippen molar-refractivity contribution in [3.05, 3.63) is 27.7 Å². The van der Waals surface area contributed by atoms with Gasteiger partial charge in [-0.15, -0.1) is 0 Å². The predicted octanol–water partition coefficient (Wildman–Crippen LogP) is 3.07. The first-order chi connectivity index (χ1) is 7.62. The Morgan fingerprint density at radius 2 is 2.06 bits per heavy atom. The molecule has 1 rings (SSSR count). The molecule has 88 valence electrons. The zero-order chi connectivity index (χ0) is 12.1. The van der Waals surface area contributed by atoms with Crippen LogP contribution in [-0.2, 0) is 21.3 Å². The van der Waals surface area contributed by atoms with E-state index in [1.54, 1.807) is 7.11 Å². The fourth-order valence-corrected chi connectivity index (χ4v) is 2.44. The van der Waals surface area contributed by atoms with E-state index in [2.05, 4.69) is 36.6 Å². The smallest absolute Gasteiger partial charge is 0.310 e. The molecule has 0 unspecified atom stereocenters. The van der Waals surface area contributed by atoms with Gasteiger partial charge in [0.1, 0.15) is 5.75 Å². The van der Waals surface area contributed by atoms with Crippen LogP contribution < -0.4 is 4.74 Å². The molecule has 0 atom stereocenters. The van der Waals surface area contributed by atoms with Gasteiger partial charge in [0.05, 0.1) is 20.6 Å². The van der Waals surface area contributed by atoms with Gasteiger partial charge in [0, 0.05) is 9.80 Å². The van der Waals surface area contributed by atoms with Crippen LogP contribution in [-0.4, -0.2) is 20.2 Å². The number of halogens is 2. The molecule has 0 saturated carbocycles. The monoisotopic (exact) mass is 350 g/mol. The van der Waals surface area contributed by atoms with Crippen molar-refractivity contribution in [2.24, 2.45) is 0 Å². The van der Waals surface area contributed by atoms with E-state index in [0.29, 0.717) is 5.33 Å². The van der Waals surface area contributed by atoms with Crippen molar-refractivity contribution in [3.63, 3.8) is 0 Å². The summed E-state index contributed by atoms with van der Waals surface area (Å²) in [6.07, 6.45) is 0.252. The third-order valence-corrected chi connectivity index (χ3v) is 3.50. The standard InChI is InChI=1S/C11H12Br2O3/c1-15-8-3-7(6-12)9(10(13)4-8)5-11(14)16-2/h3-4H,5-6H2,1-2H3. The van der Waals surface area contributed by atoms with Gasteiger partial charge in [-0.25, -0.2) is 0 Å². The van der Waals surface area contributed by atoms with E-state index in [0.717, 1.165) is 21.3 Å². The summed E-state index contributed by atoms with van der Waals surface area (Å²) in [5.74, 6) is 0.503. The molecular weight excluding hydrogens is 340 g/mol. The maximum Gasteiger partial charge on any atom is 0.310 e. The van der Waals surface area contributed by atoms with Crippen molar-refractivity contribution in [1.29, 1.82) is 0 Å². The van der Waals surface area contributed by atoms with Crippen molar-refractivity contribution in [2.45, 2.75) is 11.8 Å². The van der Waals surface area contributed by atoms with Gasteiger partial charge < -0.3 is 9.47 Å². The molecule has 0 heterocycles. The molecule has 0 N–H and O–H groups in total. The Kier molecular flexibility index (Phi) is 5.28. The van der Waals surface area contributed by atoms with E-state index in [9.17, 15) is 4.79 Å². The van der Waals surface area contributed by atoms with Crippen LogP contribution in [0.15, 0.2) is 16.6 Å². The van der Waals surface area contributed by atoms with E-state index >= 15 is 0 Å². The number of hydrogen-bond acceptors (Lipinski definition) is 3. The Hall–Kier alpha value is -0.550. The highest BCUT2D eigenvalue weighted by Gasteiger charge is 2.13. The first-order valence-corrected chi connectivity index (χ1v) is 6.51. The van der Waals surface area contributed by atoms with Gasteiger partial charge in [-0.3, -0.25) is 4.79 Å². The van der Waals surface area contributed by atoms with Gasteiger partial charge in [-0.2, -0.15) is 0 Å². The highest BCUT2D eigenvalue weighted by Crippen LogP contribution is 2.29. The SMILES string of the molecule is COC(=O)Cc1c(Br)cc(OC)cc1CBr. The summed E-state index contributed by atoms with van der Waals surface area (Å²) >= 11 is 6.82. The topological polar surface area (TPSA) is 35.5 Å². The van der Waals surface area contributed by atoms with Crippen LogP contribution in [0.4, 0.5) is 0 Å². The van der Waals surface area contributed by atoms with E-state index in [1.165, 1.54) is 7.11 Å². The Labute approximate surface area is 111 Å². The van der Waals surface area contributed by atoms with Crippen LogP contribution in [0.2, 0.25) is 0 Å². The minimum Gasteiger partial charge on any atom is -0.497 e. The molecular formula is C11H12Br2O3. The van der Waals surface area contributed by atoms with Crippen molar-refractivity contribution >= 4 is 37.8 Å². The lowest BCUT2D eigenvalue weighted by atomic mass is 10.1. The predicted molar refractivity (Wildman–Crippen MR) is 69.0 cm³/mol. The quantitative estimate of drug-likeness (QED) is 0.617. The van der Waals surface area contributed by atoms with Crippen LogP contribution in [0.25, 0.3) is 0 Å². The second-order valence-corrected chi connectivity index (χ2v) is 4.55. The molecule has 5 heteroatoms. The van der Waals surface area contributed by atoms with Crippen molar-refractivity contribution < 1.29 is 14.3 Å². The fraction of sp³-hybridized carbons (Fsp3) is 0.364. The van der Waals surface area contributed by atoms with Crippen LogP contribution in [0, 0.1) is 0 Å². The number of ether oxygens (including phenoxy) is 2. The molecule has 0 fully saturated rings.